The first-order chi connectivity index (χ1) is 5.68. The molecule has 2 rings (SSSR count). The zero-order valence-corrected chi connectivity index (χ0v) is 8.81. The van der Waals surface area contributed by atoms with E-state index >= 15 is 0 Å². The van der Waals surface area contributed by atoms with Gasteiger partial charge in [0.15, 0.2) is 5.95 Å². The highest BCUT2D eigenvalue weighted by atomic mass is 79.9. The Morgan fingerprint density at radius 3 is 2.85 bits per heavy atom. The van der Waals surface area contributed by atoms with Crippen molar-refractivity contribution in [3.05, 3.63) is 23.0 Å². The SMILES string of the molecule is Br.Nc1nc2c(Cl)c(F)ccc2[nH]1. The van der Waals surface area contributed by atoms with Crippen molar-refractivity contribution in [3.63, 3.8) is 0 Å². The average molecular weight is 267 g/mol. The van der Waals surface area contributed by atoms with E-state index in [9.17, 15) is 4.39 Å². The molecule has 0 amide bonds. The topological polar surface area (TPSA) is 54.7 Å². The summed E-state index contributed by atoms with van der Waals surface area (Å²) in [5, 5.41) is 0.000417. The van der Waals surface area contributed by atoms with Gasteiger partial charge in [0, 0.05) is 0 Å². The third kappa shape index (κ3) is 1.62. The van der Waals surface area contributed by atoms with Crippen LogP contribution in [-0.4, -0.2) is 9.97 Å². The van der Waals surface area contributed by atoms with E-state index in [4.69, 9.17) is 17.3 Å². The van der Waals surface area contributed by atoms with Gasteiger partial charge >= 0.3 is 0 Å². The van der Waals surface area contributed by atoms with E-state index in [2.05, 4.69) is 9.97 Å². The number of nitrogens with two attached hydrogens (primary N) is 1. The summed E-state index contributed by atoms with van der Waals surface area (Å²) in [6.07, 6.45) is 0. The van der Waals surface area contributed by atoms with Crippen molar-refractivity contribution in [3.8, 4) is 0 Å². The monoisotopic (exact) mass is 265 g/mol. The van der Waals surface area contributed by atoms with E-state index in [1.165, 1.54) is 6.07 Å². The normalized spacial score (nSPS) is 10.0. The summed E-state index contributed by atoms with van der Waals surface area (Å²) >= 11 is 5.63. The molecule has 0 aliphatic rings. The molecule has 3 N–H and O–H groups in total. The van der Waals surface area contributed by atoms with Gasteiger partial charge in [0.2, 0.25) is 0 Å². The molecule has 0 aliphatic heterocycles. The molecule has 0 saturated heterocycles. The summed E-state index contributed by atoms with van der Waals surface area (Å²) in [4.78, 5) is 6.57. The van der Waals surface area contributed by atoms with E-state index in [1.807, 2.05) is 0 Å². The Hall–Kier alpha value is -0.810. The average Bonchev–Trinajstić information content (AvgIpc) is 2.39. The van der Waals surface area contributed by atoms with E-state index in [0.29, 0.717) is 11.0 Å². The van der Waals surface area contributed by atoms with Gasteiger partial charge < -0.3 is 10.7 Å². The van der Waals surface area contributed by atoms with Gasteiger partial charge in [-0.1, -0.05) is 11.6 Å². The summed E-state index contributed by atoms with van der Waals surface area (Å²) in [5.74, 6) is -0.256. The molecule has 0 atom stereocenters. The third-order valence-corrected chi connectivity index (χ3v) is 1.92. The number of halogens is 3. The second kappa shape index (κ2) is 3.51. The Kier molecular flexibility index (Phi) is 2.77. The van der Waals surface area contributed by atoms with Crippen LogP contribution in [0.2, 0.25) is 5.02 Å². The number of aromatic amines is 1. The molecule has 1 heterocycles. The summed E-state index contributed by atoms with van der Waals surface area (Å²) in [7, 11) is 0. The van der Waals surface area contributed by atoms with Crippen molar-refractivity contribution >= 4 is 45.6 Å². The lowest BCUT2D eigenvalue weighted by Crippen LogP contribution is -1.84. The second-order valence-corrected chi connectivity index (χ2v) is 2.76. The summed E-state index contributed by atoms with van der Waals surface area (Å²) in [6, 6.07) is 2.81. The van der Waals surface area contributed by atoms with Gasteiger partial charge in [-0.2, -0.15) is 0 Å². The number of H-pyrrole nitrogens is 1. The van der Waals surface area contributed by atoms with Crippen molar-refractivity contribution < 1.29 is 4.39 Å². The molecule has 6 heteroatoms. The lowest BCUT2D eigenvalue weighted by atomic mass is 10.3. The number of benzene rings is 1. The van der Waals surface area contributed by atoms with Crippen LogP contribution in [0.3, 0.4) is 0 Å². The van der Waals surface area contributed by atoms with Crippen LogP contribution in [0.4, 0.5) is 10.3 Å². The molecule has 1 aromatic heterocycles. The quantitative estimate of drug-likeness (QED) is 0.770. The Bertz CT molecular complexity index is 442. The van der Waals surface area contributed by atoms with E-state index in [0.717, 1.165) is 0 Å². The molecule has 13 heavy (non-hydrogen) atoms. The number of nitrogens with one attached hydrogen (secondary N) is 1. The Labute approximate surface area is 88.9 Å². The van der Waals surface area contributed by atoms with Crippen LogP contribution >= 0.6 is 28.6 Å². The van der Waals surface area contributed by atoms with Crippen LogP contribution in [0.25, 0.3) is 11.0 Å². The molecule has 0 saturated carbocycles. The molecule has 0 bridgehead atoms. The predicted molar refractivity (Wildman–Crippen MR) is 55.8 cm³/mol. The van der Waals surface area contributed by atoms with Crippen molar-refractivity contribution in [2.75, 3.05) is 5.73 Å². The highest BCUT2D eigenvalue weighted by molar-refractivity contribution is 8.93. The van der Waals surface area contributed by atoms with Gasteiger partial charge in [0.05, 0.1) is 5.52 Å². The lowest BCUT2D eigenvalue weighted by Gasteiger charge is -1.92. The molecule has 0 unspecified atom stereocenters. The number of rotatable bonds is 0. The van der Waals surface area contributed by atoms with Crippen LogP contribution < -0.4 is 5.73 Å². The zero-order valence-electron chi connectivity index (χ0n) is 6.34. The number of fused-ring (bicyclic) bond motifs is 1. The predicted octanol–water partition coefficient (Wildman–Crippen LogP) is 2.52. The minimum atomic E-state index is -0.490. The first-order valence-corrected chi connectivity index (χ1v) is 3.65. The maximum atomic E-state index is 12.8. The van der Waals surface area contributed by atoms with E-state index in [-0.39, 0.29) is 28.0 Å². The van der Waals surface area contributed by atoms with Gasteiger partial charge in [-0.15, -0.1) is 17.0 Å². The highest BCUT2D eigenvalue weighted by Crippen LogP contribution is 2.24. The van der Waals surface area contributed by atoms with Gasteiger partial charge in [-0.05, 0) is 12.1 Å². The minimum Gasteiger partial charge on any atom is -0.369 e. The molecule has 0 radical (unpaired) electrons. The maximum absolute atomic E-state index is 12.8. The van der Waals surface area contributed by atoms with Crippen LogP contribution in [0.15, 0.2) is 12.1 Å². The minimum absolute atomic E-state index is 0. The number of nitrogens with zero attached hydrogens (tertiary/aromatic N) is 1. The molecular formula is C7H6BrClFN3. The van der Waals surface area contributed by atoms with Crippen LogP contribution in [0, 0.1) is 5.82 Å². The first-order valence-electron chi connectivity index (χ1n) is 3.27. The van der Waals surface area contributed by atoms with Crippen molar-refractivity contribution in [2.24, 2.45) is 0 Å². The number of nitrogen functional groups attached to an aromatic ring is 1. The van der Waals surface area contributed by atoms with E-state index < -0.39 is 5.82 Å². The fraction of sp³-hybridized carbons (Fsp3) is 0. The Morgan fingerprint density at radius 1 is 1.46 bits per heavy atom. The smallest absolute Gasteiger partial charge is 0.198 e. The zero-order chi connectivity index (χ0) is 8.72. The molecule has 0 spiro atoms. The Morgan fingerprint density at radius 2 is 2.15 bits per heavy atom. The van der Waals surface area contributed by atoms with Crippen LogP contribution in [-0.2, 0) is 0 Å². The van der Waals surface area contributed by atoms with Gasteiger partial charge in [0.25, 0.3) is 0 Å². The fourth-order valence-electron chi connectivity index (χ4n) is 1.04. The van der Waals surface area contributed by atoms with Crippen molar-refractivity contribution in [1.82, 2.24) is 9.97 Å². The Balaban J connectivity index is 0.000000845. The van der Waals surface area contributed by atoms with Gasteiger partial charge in [0.1, 0.15) is 16.4 Å². The number of aromatic nitrogens is 2. The lowest BCUT2D eigenvalue weighted by molar-refractivity contribution is 0.630. The number of anilines is 1. The maximum Gasteiger partial charge on any atom is 0.198 e. The van der Waals surface area contributed by atoms with E-state index in [1.54, 1.807) is 6.07 Å². The fourth-order valence-corrected chi connectivity index (χ4v) is 1.24. The number of hydrogen-bond donors (Lipinski definition) is 2. The molecule has 70 valence electrons. The molecule has 0 aliphatic carbocycles. The molecule has 1 aromatic carbocycles. The standard InChI is InChI=1S/C7H5ClFN3.BrH/c8-5-3(9)1-2-4-6(5)12-7(10)11-4;/h1-2H,(H3,10,11,12);1H. The molecule has 2 aromatic rings. The molecule has 0 fully saturated rings. The van der Waals surface area contributed by atoms with Crippen LogP contribution in [0.5, 0.6) is 0 Å². The summed E-state index contributed by atoms with van der Waals surface area (Å²) in [5.41, 5.74) is 6.37. The number of hydrogen-bond acceptors (Lipinski definition) is 2. The van der Waals surface area contributed by atoms with Crippen molar-refractivity contribution in [1.29, 1.82) is 0 Å². The molecule has 3 nitrogen and oxygen atoms in total. The number of imidazole rings is 1. The van der Waals surface area contributed by atoms with Crippen LogP contribution in [0.1, 0.15) is 0 Å². The van der Waals surface area contributed by atoms with Gasteiger partial charge in [-0.3, -0.25) is 0 Å². The highest BCUT2D eigenvalue weighted by Gasteiger charge is 2.08. The van der Waals surface area contributed by atoms with Gasteiger partial charge in [-0.25, -0.2) is 9.37 Å². The second-order valence-electron chi connectivity index (χ2n) is 2.38. The summed E-state index contributed by atoms with van der Waals surface area (Å²) < 4.78 is 12.8. The first kappa shape index (κ1) is 10.3. The van der Waals surface area contributed by atoms with Crippen molar-refractivity contribution in [2.45, 2.75) is 0 Å². The molecular weight excluding hydrogens is 260 g/mol. The third-order valence-electron chi connectivity index (χ3n) is 1.56. The summed E-state index contributed by atoms with van der Waals surface area (Å²) in [6.45, 7) is 0. The largest absolute Gasteiger partial charge is 0.369 e.